The lowest BCUT2D eigenvalue weighted by Gasteiger charge is -2.13. The van der Waals surface area contributed by atoms with Gasteiger partial charge < -0.3 is 11.1 Å². The molecule has 0 saturated carbocycles. The average molecular weight is 349 g/mol. The molecule has 0 heterocycles. The van der Waals surface area contributed by atoms with Crippen molar-refractivity contribution in [3.05, 3.63) is 46.2 Å². The number of para-hydroxylation sites is 1. The summed E-state index contributed by atoms with van der Waals surface area (Å²) in [4.78, 5) is 0.00630. The summed E-state index contributed by atoms with van der Waals surface area (Å²) >= 11 is 11.4. The Morgan fingerprint density at radius 1 is 1.19 bits per heavy atom. The fourth-order valence-electron chi connectivity index (χ4n) is 1.76. The van der Waals surface area contributed by atoms with Crippen LogP contribution in [0.5, 0.6) is 0 Å². The highest BCUT2D eigenvalue weighted by Crippen LogP contribution is 2.32. The number of benzene rings is 2. The van der Waals surface area contributed by atoms with E-state index in [9.17, 15) is 12.8 Å². The molecule has 0 spiro atoms. The van der Waals surface area contributed by atoms with Crippen molar-refractivity contribution in [3.8, 4) is 0 Å². The molecule has 0 amide bonds. The van der Waals surface area contributed by atoms with E-state index >= 15 is 0 Å². The molecule has 112 valence electrons. The van der Waals surface area contributed by atoms with Gasteiger partial charge in [-0.05, 0) is 24.3 Å². The Morgan fingerprint density at radius 3 is 2.29 bits per heavy atom. The third-order valence-electron chi connectivity index (χ3n) is 2.73. The van der Waals surface area contributed by atoms with E-state index in [-0.39, 0.29) is 20.6 Å². The van der Waals surface area contributed by atoms with Crippen LogP contribution in [0, 0.1) is 5.82 Å². The first-order chi connectivity index (χ1) is 9.70. The Morgan fingerprint density at radius 2 is 1.76 bits per heavy atom. The summed E-state index contributed by atoms with van der Waals surface area (Å²) in [6, 6.07) is 7.20. The van der Waals surface area contributed by atoms with Crippen molar-refractivity contribution in [2.45, 2.75) is 4.90 Å². The van der Waals surface area contributed by atoms with Gasteiger partial charge in [-0.3, -0.25) is 0 Å². The minimum atomic E-state index is -3.45. The molecule has 0 aliphatic carbocycles. The van der Waals surface area contributed by atoms with Gasteiger partial charge >= 0.3 is 0 Å². The number of nitrogens with one attached hydrogen (secondary N) is 1. The first-order valence-corrected chi connectivity index (χ1v) is 8.35. The Labute approximate surface area is 131 Å². The largest absolute Gasteiger partial charge is 0.396 e. The summed E-state index contributed by atoms with van der Waals surface area (Å²) in [6.45, 7) is 0. The van der Waals surface area contributed by atoms with E-state index in [0.29, 0.717) is 11.4 Å². The number of sulfone groups is 1. The summed E-state index contributed by atoms with van der Waals surface area (Å²) in [7, 11) is -3.45. The van der Waals surface area contributed by atoms with E-state index in [1.165, 1.54) is 18.2 Å². The summed E-state index contributed by atoms with van der Waals surface area (Å²) < 4.78 is 36.6. The Kier molecular flexibility index (Phi) is 4.32. The van der Waals surface area contributed by atoms with E-state index in [1.807, 2.05) is 0 Å². The van der Waals surface area contributed by atoms with Crippen LogP contribution in [0.1, 0.15) is 0 Å². The van der Waals surface area contributed by atoms with Crippen molar-refractivity contribution in [2.24, 2.45) is 0 Å². The molecular weight excluding hydrogens is 338 g/mol. The molecule has 2 aromatic carbocycles. The molecule has 0 aliphatic rings. The molecule has 0 bridgehead atoms. The summed E-state index contributed by atoms with van der Waals surface area (Å²) in [5.74, 6) is -0.721. The molecule has 0 saturated heterocycles. The first-order valence-electron chi connectivity index (χ1n) is 5.70. The van der Waals surface area contributed by atoms with Crippen LogP contribution in [-0.4, -0.2) is 14.7 Å². The molecule has 0 aliphatic heterocycles. The third kappa shape index (κ3) is 3.40. The first kappa shape index (κ1) is 15.9. The number of halogens is 3. The molecule has 0 atom stereocenters. The average Bonchev–Trinajstić information content (AvgIpc) is 2.37. The summed E-state index contributed by atoms with van der Waals surface area (Å²) in [5.41, 5.74) is 6.66. The van der Waals surface area contributed by atoms with Crippen molar-refractivity contribution in [1.82, 2.24) is 0 Å². The minimum absolute atomic E-state index is 0.00630. The standard InChI is InChI=1S/C13H11Cl2FN2O2S/c1-21(19,20)11-4-2-3-10(13(11)17)18-7-5-8(14)12(16)9(15)6-7/h2-6,18H,17H2,1H3. The van der Waals surface area contributed by atoms with Crippen LogP contribution >= 0.6 is 23.2 Å². The van der Waals surface area contributed by atoms with Gasteiger partial charge in [-0.25, -0.2) is 12.8 Å². The van der Waals surface area contributed by atoms with Crippen molar-refractivity contribution < 1.29 is 12.8 Å². The molecule has 2 rings (SSSR count). The van der Waals surface area contributed by atoms with Crippen LogP contribution in [0.15, 0.2) is 35.2 Å². The predicted molar refractivity (Wildman–Crippen MR) is 83.7 cm³/mol. The number of nitrogens with two attached hydrogens (primary N) is 1. The van der Waals surface area contributed by atoms with Gasteiger partial charge in [-0.15, -0.1) is 0 Å². The third-order valence-corrected chi connectivity index (χ3v) is 4.43. The van der Waals surface area contributed by atoms with Crippen LogP contribution in [0.25, 0.3) is 0 Å². The Balaban J connectivity index is 2.46. The quantitative estimate of drug-likeness (QED) is 0.652. The van der Waals surface area contributed by atoms with Gasteiger partial charge in [-0.1, -0.05) is 29.3 Å². The van der Waals surface area contributed by atoms with E-state index in [2.05, 4.69) is 5.32 Å². The molecule has 0 aromatic heterocycles. The highest BCUT2D eigenvalue weighted by molar-refractivity contribution is 7.90. The zero-order valence-electron chi connectivity index (χ0n) is 10.8. The van der Waals surface area contributed by atoms with Crippen molar-refractivity contribution in [1.29, 1.82) is 0 Å². The number of anilines is 3. The topological polar surface area (TPSA) is 72.2 Å². The summed E-state index contributed by atoms with van der Waals surface area (Å²) in [5, 5.41) is 2.57. The predicted octanol–water partition coefficient (Wildman–Crippen LogP) is 3.86. The van der Waals surface area contributed by atoms with Crippen LogP contribution in [0.4, 0.5) is 21.5 Å². The van der Waals surface area contributed by atoms with Crippen molar-refractivity contribution in [3.63, 3.8) is 0 Å². The van der Waals surface area contributed by atoms with E-state index in [0.717, 1.165) is 6.26 Å². The normalized spacial score (nSPS) is 11.4. The second-order valence-electron chi connectivity index (χ2n) is 4.37. The molecule has 3 N–H and O–H groups in total. The highest BCUT2D eigenvalue weighted by Gasteiger charge is 2.15. The fraction of sp³-hybridized carbons (Fsp3) is 0.0769. The van der Waals surface area contributed by atoms with E-state index < -0.39 is 15.7 Å². The van der Waals surface area contributed by atoms with Crippen molar-refractivity contribution >= 4 is 50.1 Å². The second-order valence-corrected chi connectivity index (χ2v) is 7.17. The summed E-state index contributed by atoms with van der Waals surface area (Å²) in [6.07, 6.45) is 1.06. The van der Waals surface area contributed by atoms with Gasteiger partial charge in [0.25, 0.3) is 0 Å². The van der Waals surface area contributed by atoms with Crippen molar-refractivity contribution in [2.75, 3.05) is 17.3 Å². The molecular formula is C13H11Cl2FN2O2S. The number of hydrogen-bond acceptors (Lipinski definition) is 4. The van der Waals surface area contributed by atoms with Gasteiger partial charge in [0.15, 0.2) is 15.7 Å². The number of nitrogen functional groups attached to an aromatic ring is 1. The lowest BCUT2D eigenvalue weighted by atomic mass is 10.2. The SMILES string of the molecule is CS(=O)(=O)c1cccc(Nc2cc(Cl)c(F)c(Cl)c2)c1N. The zero-order valence-corrected chi connectivity index (χ0v) is 13.2. The number of hydrogen-bond donors (Lipinski definition) is 2. The molecule has 0 radical (unpaired) electrons. The highest BCUT2D eigenvalue weighted by atomic mass is 35.5. The lowest BCUT2D eigenvalue weighted by Crippen LogP contribution is -2.05. The van der Waals surface area contributed by atoms with Gasteiger partial charge in [-0.2, -0.15) is 0 Å². The number of rotatable bonds is 3. The molecule has 0 unspecified atom stereocenters. The second kappa shape index (κ2) is 5.71. The molecule has 21 heavy (non-hydrogen) atoms. The molecule has 0 fully saturated rings. The van der Waals surface area contributed by atoms with Gasteiger partial charge in [0.05, 0.1) is 26.3 Å². The smallest absolute Gasteiger partial charge is 0.177 e. The molecule has 4 nitrogen and oxygen atoms in total. The van der Waals surface area contributed by atoms with Crippen LogP contribution in [0.3, 0.4) is 0 Å². The van der Waals surface area contributed by atoms with E-state index in [4.69, 9.17) is 28.9 Å². The monoisotopic (exact) mass is 348 g/mol. The lowest BCUT2D eigenvalue weighted by molar-refractivity contribution is 0.602. The van der Waals surface area contributed by atoms with E-state index in [1.54, 1.807) is 12.1 Å². The molecule has 2 aromatic rings. The maximum absolute atomic E-state index is 13.4. The van der Waals surface area contributed by atoms with Gasteiger partial charge in [0.2, 0.25) is 0 Å². The Bertz CT molecular complexity index is 787. The Hall–Kier alpha value is -1.50. The zero-order chi connectivity index (χ0) is 15.8. The maximum Gasteiger partial charge on any atom is 0.177 e. The van der Waals surface area contributed by atoms with Crippen LogP contribution in [-0.2, 0) is 9.84 Å². The minimum Gasteiger partial charge on any atom is -0.396 e. The maximum atomic E-state index is 13.4. The van der Waals surface area contributed by atoms with Crippen LogP contribution < -0.4 is 11.1 Å². The van der Waals surface area contributed by atoms with Crippen LogP contribution in [0.2, 0.25) is 10.0 Å². The fourth-order valence-corrected chi connectivity index (χ4v) is 3.08. The van der Waals surface area contributed by atoms with Gasteiger partial charge in [0, 0.05) is 11.9 Å². The van der Waals surface area contributed by atoms with Gasteiger partial charge in [0.1, 0.15) is 0 Å². The molecule has 8 heteroatoms.